The van der Waals surface area contributed by atoms with Gasteiger partial charge in [-0.2, -0.15) is 0 Å². The van der Waals surface area contributed by atoms with E-state index in [1.807, 2.05) is 0 Å². The molecule has 5 heteroatoms. The van der Waals surface area contributed by atoms with E-state index >= 15 is 0 Å². The molecule has 0 aliphatic heterocycles. The summed E-state index contributed by atoms with van der Waals surface area (Å²) < 4.78 is 24.9. The van der Waals surface area contributed by atoms with Crippen molar-refractivity contribution in [2.75, 3.05) is 19.4 Å². The summed E-state index contributed by atoms with van der Waals surface area (Å²) in [5, 5.41) is 8.56. The number of hydrogen-bond donors (Lipinski definition) is 1. The topological polar surface area (TPSA) is 57.6 Å². The average molecular weight is 221 g/mol. The number of nitrogens with zero attached hydrogens (tertiary/aromatic N) is 1. The van der Waals surface area contributed by atoms with E-state index in [4.69, 9.17) is 5.11 Å². The van der Waals surface area contributed by atoms with E-state index in [1.165, 1.54) is 4.31 Å². The number of aliphatic hydroxyl groups excluding tert-OH is 1. The lowest BCUT2D eigenvalue weighted by Crippen LogP contribution is -2.42. The smallest absolute Gasteiger partial charge is 0.214 e. The molecule has 1 aliphatic rings. The molecule has 1 fully saturated rings. The number of unbranched alkanes of at least 4 members (excludes halogenated alkanes) is 1. The van der Waals surface area contributed by atoms with E-state index in [-0.39, 0.29) is 18.4 Å². The molecule has 0 aromatic carbocycles. The Morgan fingerprint density at radius 1 is 1.36 bits per heavy atom. The van der Waals surface area contributed by atoms with Crippen LogP contribution in [0.15, 0.2) is 0 Å². The standard InChI is InChI=1S/C9H19NO3S/c1-10(9-5-4-6-9)14(12,13)8-3-2-7-11/h9,11H,2-8H2,1H3. The van der Waals surface area contributed by atoms with Crippen LogP contribution >= 0.6 is 0 Å². The molecule has 1 N–H and O–H groups in total. The molecule has 0 radical (unpaired) electrons. The van der Waals surface area contributed by atoms with Crippen LogP contribution in [-0.2, 0) is 10.0 Å². The van der Waals surface area contributed by atoms with Crippen molar-refractivity contribution in [1.29, 1.82) is 0 Å². The van der Waals surface area contributed by atoms with Crippen LogP contribution in [0.2, 0.25) is 0 Å². The maximum absolute atomic E-state index is 11.7. The molecule has 0 saturated heterocycles. The molecule has 0 unspecified atom stereocenters. The predicted octanol–water partition coefficient (Wildman–Crippen LogP) is 0.573. The van der Waals surface area contributed by atoms with E-state index in [1.54, 1.807) is 7.05 Å². The Morgan fingerprint density at radius 3 is 2.43 bits per heavy atom. The van der Waals surface area contributed by atoms with Gasteiger partial charge in [-0.25, -0.2) is 12.7 Å². The third-order valence-corrected chi connectivity index (χ3v) is 4.82. The third kappa shape index (κ3) is 2.93. The monoisotopic (exact) mass is 221 g/mol. The van der Waals surface area contributed by atoms with Crippen molar-refractivity contribution >= 4 is 10.0 Å². The maximum atomic E-state index is 11.7. The van der Waals surface area contributed by atoms with E-state index in [0.29, 0.717) is 12.8 Å². The summed E-state index contributed by atoms with van der Waals surface area (Å²) in [5.41, 5.74) is 0. The van der Waals surface area contributed by atoms with Gasteiger partial charge >= 0.3 is 0 Å². The lowest BCUT2D eigenvalue weighted by molar-refractivity contribution is 0.249. The van der Waals surface area contributed by atoms with Crippen molar-refractivity contribution in [2.45, 2.75) is 38.1 Å². The van der Waals surface area contributed by atoms with Gasteiger partial charge in [0.05, 0.1) is 5.75 Å². The summed E-state index contributed by atoms with van der Waals surface area (Å²) in [4.78, 5) is 0. The largest absolute Gasteiger partial charge is 0.396 e. The van der Waals surface area contributed by atoms with Crippen LogP contribution < -0.4 is 0 Å². The molecule has 0 bridgehead atoms. The van der Waals surface area contributed by atoms with Crippen molar-refractivity contribution in [1.82, 2.24) is 4.31 Å². The molecule has 0 amide bonds. The Morgan fingerprint density at radius 2 is 2.00 bits per heavy atom. The van der Waals surface area contributed by atoms with Gasteiger partial charge in [-0.3, -0.25) is 0 Å². The van der Waals surface area contributed by atoms with E-state index in [9.17, 15) is 8.42 Å². The number of sulfonamides is 1. The Balaban J connectivity index is 2.38. The Labute approximate surface area is 86.0 Å². The van der Waals surface area contributed by atoms with Gasteiger partial charge in [-0.05, 0) is 25.7 Å². The lowest BCUT2D eigenvalue weighted by Gasteiger charge is -2.33. The number of aliphatic hydroxyl groups is 1. The van der Waals surface area contributed by atoms with Crippen LogP contribution in [0, 0.1) is 0 Å². The molecule has 1 rings (SSSR count). The fourth-order valence-corrected chi connectivity index (χ4v) is 3.04. The molecule has 1 saturated carbocycles. The fourth-order valence-electron chi connectivity index (χ4n) is 1.52. The van der Waals surface area contributed by atoms with Crippen LogP contribution in [0.3, 0.4) is 0 Å². The molecule has 0 spiro atoms. The quantitative estimate of drug-likeness (QED) is 0.667. The summed E-state index contributed by atoms with van der Waals surface area (Å²) in [6.07, 6.45) is 4.25. The normalized spacial score (nSPS) is 18.5. The minimum absolute atomic E-state index is 0.0721. The van der Waals surface area contributed by atoms with Gasteiger partial charge in [0.15, 0.2) is 0 Å². The van der Waals surface area contributed by atoms with Gasteiger partial charge in [0.25, 0.3) is 0 Å². The third-order valence-electron chi connectivity index (χ3n) is 2.84. The summed E-state index contributed by atoms with van der Waals surface area (Å²) in [6, 6.07) is 0.231. The first-order valence-electron chi connectivity index (χ1n) is 5.14. The fraction of sp³-hybridized carbons (Fsp3) is 1.00. The molecule has 0 heterocycles. The first kappa shape index (κ1) is 11.9. The van der Waals surface area contributed by atoms with Crippen molar-refractivity contribution < 1.29 is 13.5 Å². The SMILES string of the molecule is CN(C1CCC1)S(=O)(=O)CCCCO. The Bertz CT molecular complexity index is 259. The van der Waals surface area contributed by atoms with Crippen molar-refractivity contribution in [3.05, 3.63) is 0 Å². The molecule has 0 aromatic rings. The molecule has 84 valence electrons. The van der Waals surface area contributed by atoms with Crippen molar-refractivity contribution in [3.8, 4) is 0 Å². The molecule has 14 heavy (non-hydrogen) atoms. The van der Waals surface area contributed by atoms with Gasteiger partial charge < -0.3 is 5.11 Å². The first-order valence-corrected chi connectivity index (χ1v) is 6.75. The summed E-state index contributed by atoms with van der Waals surface area (Å²) in [5.74, 6) is 0.167. The van der Waals surface area contributed by atoms with Crippen molar-refractivity contribution in [2.24, 2.45) is 0 Å². The zero-order valence-electron chi connectivity index (χ0n) is 8.65. The van der Waals surface area contributed by atoms with Gasteiger partial charge in [0, 0.05) is 19.7 Å². The zero-order chi connectivity index (χ0) is 10.6. The second-order valence-electron chi connectivity index (χ2n) is 3.85. The van der Waals surface area contributed by atoms with Gasteiger partial charge in [-0.15, -0.1) is 0 Å². The van der Waals surface area contributed by atoms with E-state index in [2.05, 4.69) is 0 Å². The minimum Gasteiger partial charge on any atom is -0.396 e. The Hall–Kier alpha value is -0.130. The number of hydrogen-bond acceptors (Lipinski definition) is 3. The van der Waals surface area contributed by atoms with Crippen LogP contribution in [-0.4, -0.2) is 43.3 Å². The molecule has 4 nitrogen and oxygen atoms in total. The molecule has 0 aromatic heterocycles. The average Bonchev–Trinajstić information content (AvgIpc) is 2.01. The molecule has 1 aliphatic carbocycles. The molecular formula is C9H19NO3S. The highest BCUT2D eigenvalue weighted by Gasteiger charge is 2.29. The summed E-state index contributed by atoms with van der Waals surface area (Å²) >= 11 is 0. The summed E-state index contributed by atoms with van der Waals surface area (Å²) in [7, 11) is -1.41. The molecular weight excluding hydrogens is 202 g/mol. The number of rotatable bonds is 6. The van der Waals surface area contributed by atoms with E-state index < -0.39 is 10.0 Å². The Kier molecular flexibility index (Phi) is 4.34. The highest BCUT2D eigenvalue weighted by Crippen LogP contribution is 2.25. The zero-order valence-corrected chi connectivity index (χ0v) is 9.46. The van der Waals surface area contributed by atoms with Crippen LogP contribution in [0.5, 0.6) is 0 Å². The first-order chi connectivity index (χ1) is 6.58. The van der Waals surface area contributed by atoms with Crippen LogP contribution in [0.4, 0.5) is 0 Å². The second-order valence-corrected chi connectivity index (χ2v) is 6.00. The lowest BCUT2D eigenvalue weighted by atomic mass is 9.94. The highest BCUT2D eigenvalue weighted by molar-refractivity contribution is 7.89. The molecule has 0 atom stereocenters. The van der Waals surface area contributed by atoms with Crippen molar-refractivity contribution in [3.63, 3.8) is 0 Å². The summed E-state index contributed by atoms with van der Waals surface area (Å²) in [6.45, 7) is 0.0721. The van der Waals surface area contributed by atoms with Gasteiger partial charge in [0.2, 0.25) is 10.0 Å². The van der Waals surface area contributed by atoms with Crippen LogP contribution in [0.25, 0.3) is 0 Å². The van der Waals surface area contributed by atoms with Gasteiger partial charge in [-0.1, -0.05) is 6.42 Å². The maximum Gasteiger partial charge on any atom is 0.214 e. The van der Waals surface area contributed by atoms with Crippen LogP contribution in [0.1, 0.15) is 32.1 Å². The van der Waals surface area contributed by atoms with Gasteiger partial charge in [0.1, 0.15) is 0 Å². The van der Waals surface area contributed by atoms with E-state index in [0.717, 1.165) is 19.3 Å². The minimum atomic E-state index is -3.07. The highest BCUT2D eigenvalue weighted by atomic mass is 32.2. The predicted molar refractivity (Wildman–Crippen MR) is 55.5 cm³/mol. The second kappa shape index (κ2) is 5.09.